The van der Waals surface area contributed by atoms with Crippen LogP contribution in [0.3, 0.4) is 0 Å². The van der Waals surface area contributed by atoms with Crippen LogP contribution in [0, 0.1) is 23.7 Å². The van der Waals surface area contributed by atoms with Gasteiger partial charge in [0.1, 0.15) is 34.6 Å². The number of carbonyl (C=O) groups excluding carboxylic acids is 4. The van der Waals surface area contributed by atoms with Crippen LogP contribution in [-0.2, 0) is 74.9 Å². The van der Waals surface area contributed by atoms with Gasteiger partial charge in [0, 0.05) is 59.6 Å². The summed E-state index contributed by atoms with van der Waals surface area (Å²) in [6, 6.07) is 24.7. The molecular weight excluding hydrogens is 1100 g/mol. The van der Waals surface area contributed by atoms with Crippen LogP contribution in [0.25, 0.3) is 0 Å². The Bertz CT molecular complexity index is 3400. The first-order chi connectivity index (χ1) is 39.2. The zero-order valence-corrected chi connectivity index (χ0v) is 47.7. The third-order valence-electron chi connectivity index (χ3n) is 15.7. The van der Waals surface area contributed by atoms with E-state index < -0.39 is 50.2 Å². The molecule has 0 saturated heterocycles. The molecule has 0 spiro atoms. The maximum atomic E-state index is 13.8. The predicted octanol–water partition coefficient (Wildman–Crippen LogP) is 14.0. The average molecular weight is 1170 g/mol. The lowest BCUT2D eigenvalue weighted by Crippen LogP contribution is -2.40. The molecular formula is C62H66F6N6O8Si. The fraction of sp³-hybridized carbons (Fsp3) is 0.387. The zero-order valence-electron chi connectivity index (χ0n) is 46.7. The number of hydrogen-bond acceptors (Lipinski definition) is 10. The lowest BCUT2D eigenvalue weighted by atomic mass is 9.83. The van der Waals surface area contributed by atoms with Gasteiger partial charge in [-0.3, -0.25) is 19.2 Å². The summed E-state index contributed by atoms with van der Waals surface area (Å²) in [5.74, 6) is 1.43. The van der Waals surface area contributed by atoms with Gasteiger partial charge in [-0.25, -0.2) is 9.97 Å². The maximum absolute atomic E-state index is 13.8. The van der Waals surface area contributed by atoms with Crippen LogP contribution in [-0.4, -0.2) is 47.0 Å². The fourth-order valence-corrected chi connectivity index (χ4v) is 10.5. The molecule has 5 N–H and O–H groups in total. The molecule has 2 atom stereocenters. The van der Waals surface area contributed by atoms with E-state index in [9.17, 15) is 50.6 Å². The minimum atomic E-state index is -4.59. The number of nitrogens with one attached hydrogen (secondary N) is 4. The second kappa shape index (κ2) is 24.7. The monoisotopic (exact) mass is 1160 g/mol. The number of rotatable bonds is 16. The SMILES string of the molecule is CC(C)(C)[Si](C)(C)OCc1cc(NC(=O)C2CCc3ccc(Oc4ccnc(NC(=O)C5CC5)c4)cc3C2)cc(C(F)(F)F)c1.O=C(Nc1cc(CO)cc(C(F)(F)F)c1)C1CCc2ccc(Oc3ccnc(NC(=O)C4CC4)c3)cc2C1. The number of aryl methyl sites for hydroxylation is 2. The molecule has 2 unspecified atom stereocenters. The summed E-state index contributed by atoms with van der Waals surface area (Å²) in [4.78, 5) is 58.8. The van der Waals surface area contributed by atoms with Crippen LogP contribution in [0.1, 0.15) is 104 Å². The number of aliphatic hydroxyl groups excluding tert-OH is 1. The topological polar surface area (TPSA) is 190 Å². The molecule has 10 rings (SSSR count). The summed E-state index contributed by atoms with van der Waals surface area (Å²) in [6.45, 7) is 9.77. The van der Waals surface area contributed by atoms with Crippen molar-refractivity contribution >= 4 is 55.0 Å². The van der Waals surface area contributed by atoms with E-state index in [0.29, 0.717) is 78.7 Å². The van der Waals surface area contributed by atoms with Gasteiger partial charge in [-0.2, -0.15) is 26.3 Å². The normalized spacial score (nSPS) is 16.9. The van der Waals surface area contributed by atoms with Crippen molar-refractivity contribution in [3.05, 3.63) is 154 Å². The van der Waals surface area contributed by atoms with Crippen LogP contribution in [0.2, 0.25) is 18.1 Å². The van der Waals surface area contributed by atoms with E-state index in [0.717, 1.165) is 72.2 Å². The van der Waals surface area contributed by atoms with Crippen molar-refractivity contribution in [3.8, 4) is 23.0 Å². The van der Waals surface area contributed by atoms with Gasteiger partial charge in [0.15, 0.2) is 8.32 Å². The van der Waals surface area contributed by atoms with Gasteiger partial charge in [-0.1, -0.05) is 32.9 Å². The number of carbonyl (C=O) groups is 4. The highest BCUT2D eigenvalue weighted by atomic mass is 28.4. The Hall–Kier alpha value is -7.62. The number of anilines is 4. The largest absolute Gasteiger partial charge is 0.457 e. The summed E-state index contributed by atoms with van der Waals surface area (Å²) in [7, 11) is -2.20. The van der Waals surface area contributed by atoms with E-state index in [1.54, 1.807) is 42.7 Å². The molecule has 4 aliphatic carbocycles. The second-order valence-corrected chi connectivity index (χ2v) is 28.1. The molecule has 2 aromatic heterocycles. The van der Waals surface area contributed by atoms with Crippen LogP contribution in [0.4, 0.5) is 49.4 Å². The molecule has 14 nitrogen and oxygen atoms in total. The van der Waals surface area contributed by atoms with Gasteiger partial charge in [0.25, 0.3) is 0 Å². The summed E-state index contributed by atoms with van der Waals surface area (Å²) in [5.41, 5.74) is 2.83. The lowest BCUT2D eigenvalue weighted by Gasteiger charge is -2.36. The first-order valence-corrected chi connectivity index (χ1v) is 30.6. The van der Waals surface area contributed by atoms with E-state index in [1.165, 1.54) is 6.07 Å². The summed E-state index contributed by atoms with van der Waals surface area (Å²) in [5, 5.41) is 20.2. The number of alkyl halides is 6. The Balaban J connectivity index is 0.000000202. The van der Waals surface area contributed by atoms with Crippen molar-refractivity contribution in [3.63, 3.8) is 0 Å². The Morgan fingerprint density at radius 2 is 0.928 bits per heavy atom. The molecule has 2 heterocycles. The first-order valence-electron chi connectivity index (χ1n) is 27.7. The van der Waals surface area contributed by atoms with Crippen molar-refractivity contribution in [2.24, 2.45) is 23.7 Å². The highest BCUT2D eigenvalue weighted by Gasteiger charge is 2.38. The van der Waals surface area contributed by atoms with Crippen molar-refractivity contribution in [1.29, 1.82) is 0 Å². The smallest absolute Gasteiger partial charge is 0.416 e. The molecule has 0 aliphatic heterocycles. The Labute approximate surface area is 478 Å². The Morgan fingerprint density at radius 1 is 0.518 bits per heavy atom. The molecule has 0 bridgehead atoms. The minimum absolute atomic E-state index is 0.000904. The van der Waals surface area contributed by atoms with E-state index >= 15 is 0 Å². The highest BCUT2D eigenvalue weighted by molar-refractivity contribution is 6.74. The summed E-state index contributed by atoms with van der Waals surface area (Å²) < 4.78 is 99.3. The molecule has 4 amide bonds. The number of pyridine rings is 2. The van der Waals surface area contributed by atoms with Gasteiger partial charge in [-0.05, 0) is 189 Å². The summed E-state index contributed by atoms with van der Waals surface area (Å²) in [6.07, 6.45) is 0.788. The zero-order chi connectivity index (χ0) is 59.4. The molecule has 83 heavy (non-hydrogen) atoms. The van der Waals surface area contributed by atoms with Gasteiger partial charge >= 0.3 is 12.4 Å². The molecule has 0 radical (unpaired) electrons. The van der Waals surface area contributed by atoms with Crippen molar-refractivity contribution in [1.82, 2.24) is 9.97 Å². The molecule has 6 aromatic rings. The molecule has 2 saturated carbocycles. The van der Waals surface area contributed by atoms with E-state index in [2.05, 4.69) is 52.0 Å². The molecule has 438 valence electrons. The number of aromatic nitrogens is 2. The Kier molecular flexibility index (Phi) is 17.8. The van der Waals surface area contributed by atoms with Gasteiger partial charge in [0.05, 0.1) is 24.3 Å². The van der Waals surface area contributed by atoms with Crippen LogP contribution in [0.15, 0.2) is 109 Å². The number of halogens is 6. The number of amides is 4. The van der Waals surface area contributed by atoms with Crippen LogP contribution >= 0.6 is 0 Å². The lowest BCUT2D eigenvalue weighted by molar-refractivity contribution is -0.138. The third kappa shape index (κ3) is 16.1. The van der Waals surface area contributed by atoms with Crippen LogP contribution in [0.5, 0.6) is 23.0 Å². The van der Waals surface area contributed by atoms with Crippen LogP contribution < -0.4 is 30.7 Å². The predicted molar refractivity (Wildman–Crippen MR) is 303 cm³/mol. The van der Waals surface area contributed by atoms with E-state index in [-0.39, 0.29) is 64.0 Å². The number of fused-ring (bicyclic) bond motifs is 2. The van der Waals surface area contributed by atoms with Gasteiger partial charge in [-0.15, -0.1) is 0 Å². The number of aliphatic hydroxyl groups is 1. The number of nitrogens with zero attached hydrogens (tertiary/aromatic N) is 2. The van der Waals surface area contributed by atoms with E-state index in [1.807, 2.05) is 49.5 Å². The molecule has 2 fully saturated rings. The number of ether oxygens (including phenoxy) is 2. The van der Waals surface area contributed by atoms with Gasteiger partial charge < -0.3 is 40.3 Å². The molecule has 4 aromatic carbocycles. The fourth-order valence-electron chi connectivity index (χ4n) is 9.55. The van der Waals surface area contributed by atoms with Crippen molar-refractivity contribution < 1.29 is 64.5 Å². The molecule has 21 heteroatoms. The first kappa shape index (κ1) is 60.0. The standard InChI is InChI=1S/C34H40F3N3O4Si.C28H26F3N3O4/c1-33(2,3)45(4,5)43-20-21-14-26(34(35,36)37)18-27(15-21)39-32(42)24-9-6-22-10-11-28(17-25(22)16-24)44-29-12-13-38-30(19-29)40-31(41)23-7-8-23;29-28(30,31)21-9-16(15-35)10-22(13-21)33-27(37)19-4-1-17-5-6-23(12-20(17)11-19)38-24-7-8-32-25(14-24)34-26(36)18-2-3-18/h10-15,17-19,23-24H,6-9,16,20H2,1-5H3,(H,39,42)(H,38,40,41);5-10,12-14,18-19,35H,1-4,11,15H2,(H,33,37)(H,32,34,36). The van der Waals surface area contributed by atoms with Gasteiger partial charge in [0.2, 0.25) is 23.6 Å². The Morgan fingerprint density at radius 3 is 1.34 bits per heavy atom. The summed E-state index contributed by atoms with van der Waals surface area (Å²) >= 11 is 0. The second-order valence-electron chi connectivity index (χ2n) is 23.2. The van der Waals surface area contributed by atoms with Crippen molar-refractivity contribution in [2.75, 3.05) is 21.3 Å². The quantitative estimate of drug-likeness (QED) is 0.0460. The minimum Gasteiger partial charge on any atom is -0.457 e. The third-order valence-corrected chi connectivity index (χ3v) is 20.1. The number of benzene rings is 4. The maximum Gasteiger partial charge on any atom is 0.416 e. The molecule has 4 aliphatic rings. The highest BCUT2D eigenvalue weighted by Crippen LogP contribution is 2.40. The van der Waals surface area contributed by atoms with E-state index in [4.69, 9.17) is 13.9 Å². The van der Waals surface area contributed by atoms with Crippen molar-refractivity contribution in [2.45, 2.75) is 129 Å². The average Bonchev–Trinajstić information content (AvgIpc) is 4.43. The number of hydrogen-bond donors (Lipinski definition) is 5.